The van der Waals surface area contributed by atoms with Crippen molar-refractivity contribution in [3.63, 3.8) is 0 Å². The molecule has 6 aliphatic carbocycles. The summed E-state index contributed by atoms with van der Waals surface area (Å²) in [6.45, 7) is 16.7. The molecule has 1 aromatic carbocycles. The fourth-order valence-electron chi connectivity index (χ4n) is 14.3. The second-order valence-corrected chi connectivity index (χ2v) is 18.4. The molecule has 0 amide bonds. The minimum atomic E-state index is -0.584. The Bertz CT molecular complexity index is 1330. The number of carboxylic acid groups (broad SMARTS) is 1. The number of carbonyl (C=O) groups is 2. The van der Waals surface area contributed by atoms with Gasteiger partial charge in [-0.3, -0.25) is 9.59 Å². The van der Waals surface area contributed by atoms with E-state index in [2.05, 4.69) is 71.9 Å². The van der Waals surface area contributed by atoms with E-state index in [1.165, 1.54) is 44.1 Å². The van der Waals surface area contributed by atoms with Crippen molar-refractivity contribution in [3.05, 3.63) is 35.9 Å². The van der Waals surface area contributed by atoms with Crippen molar-refractivity contribution < 1.29 is 19.4 Å². The molecular formula is C40H58O4. The third-order valence-electron chi connectivity index (χ3n) is 16.9. The maximum atomic E-state index is 13.6. The predicted molar refractivity (Wildman–Crippen MR) is 174 cm³/mol. The largest absolute Gasteiger partial charge is 0.481 e. The molecule has 0 aromatic heterocycles. The molecule has 0 aliphatic heterocycles. The van der Waals surface area contributed by atoms with Crippen LogP contribution in [0, 0.1) is 61.6 Å². The molecule has 0 spiro atoms. The van der Waals surface area contributed by atoms with Gasteiger partial charge in [-0.2, -0.15) is 0 Å². The van der Waals surface area contributed by atoms with E-state index < -0.39 is 11.4 Å². The van der Waals surface area contributed by atoms with Crippen molar-refractivity contribution in [2.75, 3.05) is 0 Å². The Balaban J connectivity index is 1.30. The number of hydrogen-bond acceptors (Lipinski definition) is 3. The summed E-state index contributed by atoms with van der Waals surface area (Å²) < 4.78 is 5.96. The minimum Gasteiger partial charge on any atom is -0.481 e. The van der Waals surface area contributed by atoms with E-state index in [4.69, 9.17) is 4.74 Å². The van der Waals surface area contributed by atoms with Crippen LogP contribution in [0.15, 0.2) is 30.3 Å². The first-order chi connectivity index (χ1) is 20.6. The van der Waals surface area contributed by atoms with Gasteiger partial charge in [0.15, 0.2) is 0 Å². The monoisotopic (exact) mass is 602 g/mol. The smallest absolute Gasteiger partial charge is 0.309 e. The highest BCUT2D eigenvalue weighted by Crippen LogP contribution is 2.82. The number of carboxylic acids is 1. The van der Waals surface area contributed by atoms with E-state index in [1.54, 1.807) is 6.92 Å². The maximum absolute atomic E-state index is 13.6. The number of ether oxygens (including phenoxy) is 1. The normalized spacial score (nSPS) is 48.2. The fourth-order valence-corrected chi connectivity index (χ4v) is 14.3. The number of fused-ring (bicyclic) bond motifs is 7. The summed E-state index contributed by atoms with van der Waals surface area (Å²) >= 11 is 0. The van der Waals surface area contributed by atoms with Gasteiger partial charge < -0.3 is 9.84 Å². The lowest BCUT2D eigenvalue weighted by Gasteiger charge is -2.73. The molecular weight excluding hydrogens is 544 g/mol. The predicted octanol–water partition coefficient (Wildman–Crippen LogP) is 9.50. The minimum absolute atomic E-state index is 0.00315. The van der Waals surface area contributed by atoms with Crippen molar-refractivity contribution >= 4 is 11.9 Å². The summed E-state index contributed by atoms with van der Waals surface area (Å²) in [6, 6.07) is 11.1. The zero-order chi connectivity index (χ0) is 31.6. The lowest BCUT2D eigenvalue weighted by atomic mass is 9.31. The van der Waals surface area contributed by atoms with Crippen LogP contribution in [0.1, 0.15) is 131 Å². The molecule has 1 N–H and O–H groups in total. The molecule has 0 bridgehead atoms. The third-order valence-corrected chi connectivity index (χ3v) is 16.9. The van der Waals surface area contributed by atoms with Crippen LogP contribution < -0.4 is 0 Å². The summed E-state index contributed by atoms with van der Waals surface area (Å²) in [5.74, 6) is 1.18. The van der Waals surface area contributed by atoms with Gasteiger partial charge in [0.25, 0.3) is 0 Å². The Labute approximate surface area is 266 Å². The van der Waals surface area contributed by atoms with Gasteiger partial charge in [0.2, 0.25) is 0 Å². The molecule has 44 heavy (non-hydrogen) atoms. The number of aliphatic carboxylic acids is 1. The van der Waals surface area contributed by atoms with Crippen LogP contribution in [0.4, 0.5) is 0 Å². The molecule has 10 atom stereocenters. The van der Waals surface area contributed by atoms with Gasteiger partial charge in [-0.15, -0.1) is 0 Å². The molecule has 6 saturated carbocycles. The van der Waals surface area contributed by atoms with Crippen LogP contribution in [0.5, 0.6) is 0 Å². The molecule has 7 rings (SSSR count). The lowest BCUT2D eigenvalue weighted by molar-refractivity contribution is -0.257. The number of benzene rings is 1. The van der Waals surface area contributed by atoms with Gasteiger partial charge >= 0.3 is 11.9 Å². The molecule has 0 radical (unpaired) electrons. The molecule has 0 heterocycles. The van der Waals surface area contributed by atoms with Gasteiger partial charge in [-0.05, 0) is 140 Å². The number of hydrogen-bond donors (Lipinski definition) is 1. The maximum Gasteiger partial charge on any atom is 0.309 e. The van der Waals surface area contributed by atoms with E-state index in [1.807, 2.05) is 0 Å². The molecule has 6 aliphatic rings. The van der Waals surface area contributed by atoms with E-state index in [-0.39, 0.29) is 50.5 Å². The summed E-state index contributed by atoms with van der Waals surface area (Å²) in [5.41, 5.74) is 1.58. The quantitative estimate of drug-likeness (QED) is 0.341. The Kier molecular flexibility index (Phi) is 6.72. The highest BCUT2D eigenvalue weighted by Gasteiger charge is 2.77. The van der Waals surface area contributed by atoms with Crippen molar-refractivity contribution in [1.29, 1.82) is 0 Å². The Morgan fingerprint density at radius 2 is 1.45 bits per heavy atom. The first-order valence-corrected chi connectivity index (χ1v) is 18.0. The van der Waals surface area contributed by atoms with Gasteiger partial charge in [-0.1, -0.05) is 71.9 Å². The molecule has 1 aromatic rings. The Hall–Kier alpha value is -1.84. The average molecular weight is 603 g/mol. The first kappa shape index (κ1) is 30.8. The fraction of sp³-hybridized carbons (Fsp3) is 0.800. The van der Waals surface area contributed by atoms with Crippen LogP contribution in [0.25, 0.3) is 0 Å². The average Bonchev–Trinajstić information content (AvgIpc) is 3.62. The van der Waals surface area contributed by atoms with E-state index in [9.17, 15) is 14.7 Å². The molecule has 0 unspecified atom stereocenters. The van der Waals surface area contributed by atoms with E-state index in [0.29, 0.717) is 17.8 Å². The Morgan fingerprint density at radius 3 is 2.09 bits per heavy atom. The highest BCUT2D eigenvalue weighted by atomic mass is 16.5. The molecule has 242 valence electrons. The van der Waals surface area contributed by atoms with E-state index >= 15 is 0 Å². The van der Waals surface area contributed by atoms with Crippen molar-refractivity contribution in [2.45, 2.75) is 138 Å². The van der Waals surface area contributed by atoms with Gasteiger partial charge in [0.05, 0.1) is 5.41 Å². The van der Waals surface area contributed by atoms with Crippen LogP contribution in [-0.4, -0.2) is 23.1 Å². The Morgan fingerprint density at radius 1 is 0.773 bits per heavy atom. The van der Waals surface area contributed by atoms with Crippen LogP contribution in [0.2, 0.25) is 0 Å². The number of carbonyl (C=O) groups excluding carboxylic acids is 1. The van der Waals surface area contributed by atoms with Crippen LogP contribution in [0.3, 0.4) is 0 Å². The van der Waals surface area contributed by atoms with Crippen molar-refractivity contribution in [3.8, 4) is 0 Å². The van der Waals surface area contributed by atoms with Crippen LogP contribution in [-0.2, 0) is 20.7 Å². The molecule has 4 nitrogen and oxygen atoms in total. The first-order valence-electron chi connectivity index (χ1n) is 18.0. The second-order valence-electron chi connectivity index (χ2n) is 18.4. The van der Waals surface area contributed by atoms with Gasteiger partial charge in [0.1, 0.15) is 6.10 Å². The van der Waals surface area contributed by atoms with Gasteiger partial charge in [-0.25, -0.2) is 0 Å². The zero-order valence-corrected chi connectivity index (χ0v) is 28.6. The SMILES string of the molecule is CC(=O)O[C@H]1CC[C@]2(C)[C@H]3CC[C@@H]4[C@H]5[C@@](C(=O)O)(CC[C@]5(Cc5ccccc5)C5(C)CC5)CC[C@@]4(C)[C@]3(C)CC[C@H]2C1(C)C. The summed E-state index contributed by atoms with van der Waals surface area (Å²) in [6.07, 6.45) is 14.2. The highest BCUT2D eigenvalue weighted by molar-refractivity contribution is 5.76. The summed E-state index contributed by atoms with van der Waals surface area (Å²) in [7, 11) is 0. The van der Waals surface area contributed by atoms with E-state index in [0.717, 1.165) is 44.9 Å². The topological polar surface area (TPSA) is 63.6 Å². The number of rotatable bonds is 5. The standard InChI is InChI=1S/C40H58O4/c1-26(41)44-31-16-17-36(5)29(34(31,2)3)15-18-38(7)30(36)14-13-28-32-39(33(42)43,22-21-37(28,38)6)23-24-40(32,35(4)19-20-35)25-27-11-9-8-10-12-27/h8-12,28-32H,13-25H2,1-7H3,(H,42,43)/t28-,29+,30-,31+,32+,36+,37-,38-,39+,40-/m1/s1. The van der Waals surface area contributed by atoms with Crippen LogP contribution >= 0.6 is 0 Å². The van der Waals surface area contributed by atoms with Crippen molar-refractivity contribution in [2.24, 2.45) is 61.6 Å². The summed E-state index contributed by atoms with van der Waals surface area (Å²) in [5, 5.41) is 11.2. The second kappa shape index (κ2) is 9.60. The lowest BCUT2D eigenvalue weighted by Crippen LogP contribution is -2.68. The third kappa shape index (κ3) is 3.81. The zero-order valence-electron chi connectivity index (χ0n) is 28.6. The molecule has 0 saturated heterocycles. The van der Waals surface area contributed by atoms with Gasteiger partial charge in [0, 0.05) is 12.3 Å². The number of esters is 1. The molecule has 6 fully saturated rings. The van der Waals surface area contributed by atoms with Crippen molar-refractivity contribution in [1.82, 2.24) is 0 Å². The summed E-state index contributed by atoms with van der Waals surface area (Å²) in [4.78, 5) is 25.6. The molecule has 4 heteroatoms.